The zero-order chi connectivity index (χ0) is 19.9. The maximum atomic E-state index is 12.1. The number of halogens is 1. The zero-order valence-corrected chi connectivity index (χ0v) is 16.6. The van der Waals surface area contributed by atoms with E-state index < -0.39 is 11.7 Å². The Morgan fingerprint density at radius 3 is 2.15 bits per heavy atom. The Hall–Kier alpha value is -2.53. The van der Waals surface area contributed by atoms with Gasteiger partial charge in [0.1, 0.15) is 5.60 Å². The molecule has 0 aliphatic carbocycles. The minimum atomic E-state index is -0.547. The van der Waals surface area contributed by atoms with Crippen LogP contribution in [0.5, 0.6) is 0 Å². The summed E-state index contributed by atoms with van der Waals surface area (Å²) in [5.41, 5.74) is 2.07. The van der Waals surface area contributed by atoms with Crippen molar-refractivity contribution in [1.29, 1.82) is 0 Å². The summed E-state index contributed by atoms with van der Waals surface area (Å²) in [7, 11) is 0. The summed E-state index contributed by atoms with van der Waals surface area (Å²) >= 11 is 5.85. The molecule has 0 aromatic heterocycles. The third kappa shape index (κ3) is 8.13. The molecule has 2 rings (SSSR count). The molecule has 0 heterocycles. The quantitative estimate of drug-likeness (QED) is 0.760. The number of benzene rings is 2. The van der Waals surface area contributed by atoms with E-state index in [1.165, 1.54) is 0 Å². The minimum absolute atomic E-state index is 0.0446. The standard InChI is InChI=1S/C21H25ClN2O3/c1-21(2,3)27-20(26)24-18-10-6-16(7-11-18)14-19(25)23-13-12-15-4-8-17(22)9-5-15/h4-11H,12-14H2,1-3H3,(H,23,25)(H,24,26). The fourth-order valence-electron chi connectivity index (χ4n) is 2.37. The van der Waals surface area contributed by atoms with Gasteiger partial charge < -0.3 is 10.1 Å². The molecule has 0 aliphatic heterocycles. The molecule has 27 heavy (non-hydrogen) atoms. The number of rotatable bonds is 6. The highest BCUT2D eigenvalue weighted by molar-refractivity contribution is 6.30. The maximum Gasteiger partial charge on any atom is 0.412 e. The Morgan fingerprint density at radius 1 is 0.963 bits per heavy atom. The van der Waals surface area contributed by atoms with Crippen LogP contribution in [0.25, 0.3) is 0 Å². The van der Waals surface area contributed by atoms with Crippen molar-refractivity contribution in [2.24, 2.45) is 0 Å². The van der Waals surface area contributed by atoms with Gasteiger partial charge in [0, 0.05) is 17.3 Å². The third-order valence-corrected chi connectivity index (χ3v) is 3.86. The highest BCUT2D eigenvalue weighted by atomic mass is 35.5. The summed E-state index contributed by atoms with van der Waals surface area (Å²) in [5.74, 6) is -0.0446. The van der Waals surface area contributed by atoms with E-state index in [0.29, 0.717) is 17.3 Å². The van der Waals surface area contributed by atoms with Gasteiger partial charge >= 0.3 is 6.09 Å². The van der Waals surface area contributed by atoms with Gasteiger partial charge in [-0.25, -0.2) is 4.79 Å². The van der Waals surface area contributed by atoms with E-state index in [-0.39, 0.29) is 12.3 Å². The smallest absolute Gasteiger partial charge is 0.412 e. The lowest BCUT2D eigenvalue weighted by atomic mass is 10.1. The Bertz CT molecular complexity index is 766. The van der Waals surface area contributed by atoms with Crippen molar-refractivity contribution in [3.63, 3.8) is 0 Å². The van der Waals surface area contributed by atoms with Crippen molar-refractivity contribution in [1.82, 2.24) is 5.32 Å². The molecule has 0 unspecified atom stereocenters. The fraction of sp³-hybridized carbons (Fsp3) is 0.333. The molecule has 0 atom stereocenters. The molecule has 2 N–H and O–H groups in total. The van der Waals surface area contributed by atoms with Crippen LogP contribution in [0.1, 0.15) is 31.9 Å². The maximum absolute atomic E-state index is 12.1. The molecule has 0 radical (unpaired) electrons. The summed E-state index contributed by atoms with van der Waals surface area (Å²) in [6.07, 6.45) is 0.532. The van der Waals surface area contributed by atoms with Gasteiger partial charge in [0.15, 0.2) is 0 Å². The molecule has 0 aliphatic rings. The monoisotopic (exact) mass is 388 g/mol. The summed E-state index contributed by atoms with van der Waals surface area (Å²) in [6, 6.07) is 14.7. The van der Waals surface area contributed by atoms with Gasteiger partial charge in [0.25, 0.3) is 0 Å². The first-order valence-corrected chi connectivity index (χ1v) is 9.19. The van der Waals surface area contributed by atoms with Crippen molar-refractivity contribution in [2.45, 2.75) is 39.2 Å². The first-order valence-electron chi connectivity index (χ1n) is 8.81. The van der Waals surface area contributed by atoms with E-state index in [1.807, 2.05) is 36.4 Å². The van der Waals surface area contributed by atoms with Crippen molar-refractivity contribution in [2.75, 3.05) is 11.9 Å². The fourth-order valence-corrected chi connectivity index (χ4v) is 2.50. The largest absolute Gasteiger partial charge is 0.444 e. The number of nitrogens with one attached hydrogen (secondary N) is 2. The lowest BCUT2D eigenvalue weighted by Gasteiger charge is -2.19. The van der Waals surface area contributed by atoms with Gasteiger partial charge in [-0.1, -0.05) is 35.9 Å². The lowest BCUT2D eigenvalue weighted by Crippen LogP contribution is -2.27. The van der Waals surface area contributed by atoms with Crippen LogP contribution in [0.4, 0.5) is 10.5 Å². The molecular weight excluding hydrogens is 364 g/mol. The summed E-state index contributed by atoms with van der Waals surface area (Å²) < 4.78 is 5.20. The predicted molar refractivity (Wildman–Crippen MR) is 108 cm³/mol. The molecule has 0 spiro atoms. The second-order valence-corrected chi connectivity index (χ2v) is 7.66. The molecule has 2 aromatic carbocycles. The molecule has 0 saturated carbocycles. The van der Waals surface area contributed by atoms with E-state index in [4.69, 9.17) is 16.3 Å². The van der Waals surface area contributed by atoms with E-state index >= 15 is 0 Å². The van der Waals surface area contributed by atoms with Gasteiger partial charge in [-0.3, -0.25) is 10.1 Å². The molecule has 144 valence electrons. The van der Waals surface area contributed by atoms with Crippen LogP contribution in [-0.4, -0.2) is 24.1 Å². The van der Waals surface area contributed by atoms with Crippen molar-refractivity contribution >= 4 is 29.3 Å². The van der Waals surface area contributed by atoms with Gasteiger partial charge in [0.2, 0.25) is 5.91 Å². The van der Waals surface area contributed by atoms with Crippen LogP contribution < -0.4 is 10.6 Å². The average molecular weight is 389 g/mol. The van der Waals surface area contributed by atoms with Gasteiger partial charge in [-0.2, -0.15) is 0 Å². The van der Waals surface area contributed by atoms with Crippen LogP contribution in [0.3, 0.4) is 0 Å². The predicted octanol–water partition coefficient (Wildman–Crippen LogP) is 4.59. The SMILES string of the molecule is CC(C)(C)OC(=O)Nc1ccc(CC(=O)NCCc2ccc(Cl)cc2)cc1. The van der Waals surface area contributed by atoms with Crippen LogP contribution >= 0.6 is 11.6 Å². The normalized spacial score (nSPS) is 11.0. The van der Waals surface area contributed by atoms with Gasteiger partial charge in [-0.15, -0.1) is 0 Å². The first-order chi connectivity index (χ1) is 12.7. The summed E-state index contributed by atoms with van der Waals surface area (Å²) in [4.78, 5) is 23.8. The Morgan fingerprint density at radius 2 is 1.56 bits per heavy atom. The van der Waals surface area contributed by atoms with Crippen molar-refractivity contribution in [3.8, 4) is 0 Å². The number of hydrogen-bond donors (Lipinski definition) is 2. The Kier molecular flexibility index (Phi) is 7.25. The molecule has 2 aromatic rings. The molecule has 0 fully saturated rings. The van der Waals surface area contributed by atoms with Crippen LogP contribution in [0.2, 0.25) is 5.02 Å². The van der Waals surface area contributed by atoms with Crippen LogP contribution in [0.15, 0.2) is 48.5 Å². The minimum Gasteiger partial charge on any atom is -0.444 e. The number of anilines is 1. The Balaban J connectivity index is 1.75. The highest BCUT2D eigenvalue weighted by Crippen LogP contribution is 2.13. The first kappa shape index (κ1) is 20.8. The van der Waals surface area contributed by atoms with Crippen molar-refractivity contribution in [3.05, 3.63) is 64.7 Å². The second kappa shape index (κ2) is 9.42. The van der Waals surface area contributed by atoms with E-state index in [9.17, 15) is 9.59 Å². The third-order valence-electron chi connectivity index (χ3n) is 3.61. The molecule has 6 heteroatoms. The van der Waals surface area contributed by atoms with Crippen LogP contribution in [-0.2, 0) is 22.4 Å². The number of carbonyl (C=O) groups excluding carboxylic acids is 2. The van der Waals surface area contributed by atoms with Gasteiger partial charge in [-0.05, 0) is 62.6 Å². The zero-order valence-electron chi connectivity index (χ0n) is 15.8. The summed E-state index contributed by atoms with van der Waals surface area (Å²) in [5, 5.41) is 6.27. The van der Waals surface area contributed by atoms with E-state index in [2.05, 4.69) is 10.6 Å². The lowest BCUT2D eigenvalue weighted by molar-refractivity contribution is -0.120. The molecular formula is C21H25ClN2O3. The second-order valence-electron chi connectivity index (χ2n) is 7.23. The summed E-state index contributed by atoms with van der Waals surface area (Å²) in [6.45, 7) is 5.99. The number of amides is 2. The molecule has 0 bridgehead atoms. The topological polar surface area (TPSA) is 67.4 Å². The number of ether oxygens (including phenoxy) is 1. The molecule has 2 amide bonds. The van der Waals surface area contributed by atoms with E-state index in [1.54, 1.807) is 32.9 Å². The van der Waals surface area contributed by atoms with E-state index in [0.717, 1.165) is 17.5 Å². The van der Waals surface area contributed by atoms with Crippen molar-refractivity contribution < 1.29 is 14.3 Å². The molecule has 0 saturated heterocycles. The highest BCUT2D eigenvalue weighted by Gasteiger charge is 2.16. The Labute approximate surface area is 165 Å². The molecule has 5 nitrogen and oxygen atoms in total. The van der Waals surface area contributed by atoms with Crippen LogP contribution in [0, 0.1) is 0 Å². The number of carbonyl (C=O) groups is 2. The number of hydrogen-bond acceptors (Lipinski definition) is 3. The average Bonchev–Trinajstić information content (AvgIpc) is 2.57. The van der Waals surface area contributed by atoms with Gasteiger partial charge in [0.05, 0.1) is 6.42 Å².